The molecule has 6 nitrogen and oxygen atoms in total. The van der Waals surface area contributed by atoms with Gasteiger partial charge < -0.3 is 10.4 Å². The lowest BCUT2D eigenvalue weighted by atomic mass is 10.0. The number of aliphatic hydroxyl groups is 1. The number of fused-ring (bicyclic) bond motifs is 1. The highest BCUT2D eigenvalue weighted by atomic mass is 16.3. The summed E-state index contributed by atoms with van der Waals surface area (Å²) in [5.41, 5.74) is 1.42. The number of carbonyl (C=O) groups excluding carboxylic acids is 1. The summed E-state index contributed by atoms with van der Waals surface area (Å²) < 4.78 is 3.15. The summed E-state index contributed by atoms with van der Waals surface area (Å²) in [7, 11) is 0. The van der Waals surface area contributed by atoms with Crippen molar-refractivity contribution in [1.29, 1.82) is 0 Å². The zero-order valence-corrected chi connectivity index (χ0v) is 14.0. The number of hydrogen-bond donors (Lipinski definition) is 2. The molecule has 0 aliphatic rings. The average molecular weight is 319 g/mol. The molecule has 0 aliphatic heterocycles. The molecule has 6 heteroatoms. The van der Waals surface area contributed by atoms with Crippen LogP contribution in [0.1, 0.15) is 27.2 Å². The summed E-state index contributed by atoms with van der Waals surface area (Å²) in [4.78, 5) is 24.5. The smallest absolute Gasteiger partial charge is 0.329 e. The van der Waals surface area contributed by atoms with Crippen molar-refractivity contribution in [1.82, 2.24) is 14.5 Å². The van der Waals surface area contributed by atoms with Gasteiger partial charge in [0.05, 0.1) is 17.1 Å². The van der Waals surface area contributed by atoms with Crippen molar-refractivity contribution < 1.29 is 9.90 Å². The molecule has 1 heterocycles. The third kappa shape index (κ3) is 3.82. The quantitative estimate of drug-likeness (QED) is 0.809. The Kier molecular flexibility index (Phi) is 5.60. The fourth-order valence-electron chi connectivity index (χ4n) is 2.62. The van der Waals surface area contributed by atoms with E-state index in [-0.39, 0.29) is 24.1 Å². The van der Waals surface area contributed by atoms with E-state index in [0.717, 1.165) is 11.0 Å². The predicted molar refractivity (Wildman–Crippen MR) is 90.3 cm³/mol. The lowest BCUT2D eigenvalue weighted by Crippen LogP contribution is -2.34. The lowest BCUT2D eigenvalue weighted by molar-refractivity contribution is -0.121. The number of amides is 1. The van der Waals surface area contributed by atoms with Crippen molar-refractivity contribution in [2.45, 2.75) is 46.4 Å². The van der Waals surface area contributed by atoms with Crippen molar-refractivity contribution in [3.05, 3.63) is 34.7 Å². The number of para-hydroxylation sites is 2. The van der Waals surface area contributed by atoms with Gasteiger partial charge in [0.25, 0.3) is 0 Å². The molecule has 0 fully saturated rings. The number of hydrogen-bond acceptors (Lipinski definition) is 3. The van der Waals surface area contributed by atoms with Crippen molar-refractivity contribution in [3.8, 4) is 0 Å². The van der Waals surface area contributed by atoms with Crippen LogP contribution in [0.25, 0.3) is 11.0 Å². The third-order valence-corrected chi connectivity index (χ3v) is 4.07. The first-order chi connectivity index (χ1) is 11.0. The van der Waals surface area contributed by atoms with Gasteiger partial charge in [-0.1, -0.05) is 26.0 Å². The van der Waals surface area contributed by atoms with E-state index >= 15 is 0 Å². The standard InChI is InChI=1S/C17H25N3O3/c1-4-19-13-7-5-6-8-14(13)20(17(19)23)11-16(22)18-10-9-15(21)12(2)3/h5-8,12,15,21H,4,9-11H2,1-3H3,(H,18,22). The van der Waals surface area contributed by atoms with Crippen molar-refractivity contribution >= 4 is 16.9 Å². The summed E-state index contributed by atoms with van der Waals surface area (Å²) in [6.07, 6.45) is 0.0784. The van der Waals surface area contributed by atoms with Gasteiger partial charge in [-0.05, 0) is 31.4 Å². The maximum atomic E-state index is 12.4. The van der Waals surface area contributed by atoms with Crippen LogP contribution in [-0.2, 0) is 17.9 Å². The SMILES string of the molecule is CCn1c(=O)n(CC(=O)NCCC(O)C(C)C)c2ccccc21. The van der Waals surface area contributed by atoms with Gasteiger partial charge in [-0.3, -0.25) is 13.9 Å². The van der Waals surface area contributed by atoms with Gasteiger partial charge in [0.15, 0.2) is 0 Å². The fourth-order valence-corrected chi connectivity index (χ4v) is 2.62. The normalized spacial score (nSPS) is 12.7. The van der Waals surface area contributed by atoms with E-state index in [1.165, 1.54) is 4.57 Å². The minimum Gasteiger partial charge on any atom is -0.393 e. The van der Waals surface area contributed by atoms with Crippen LogP contribution in [0.5, 0.6) is 0 Å². The number of aliphatic hydroxyl groups excluding tert-OH is 1. The molecule has 1 aromatic heterocycles. The maximum absolute atomic E-state index is 12.4. The van der Waals surface area contributed by atoms with Crippen LogP contribution in [0.4, 0.5) is 0 Å². The van der Waals surface area contributed by atoms with Gasteiger partial charge >= 0.3 is 5.69 Å². The summed E-state index contributed by atoms with van der Waals surface area (Å²) in [5.74, 6) is -0.0564. The molecule has 0 aliphatic carbocycles. The molecule has 1 atom stereocenters. The number of rotatable bonds is 7. The molecule has 2 N–H and O–H groups in total. The van der Waals surface area contributed by atoms with E-state index < -0.39 is 6.10 Å². The number of nitrogens with zero attached hydrogens (tertiary/aromatic N) is 2. The molecular formula is C17H25N3O3. The Bertz CT molecular complexity index is 730. The highest BCUT2D eigenvalue weighted by Gasteiger charge is 2.15. The van der Waals surface area contributed by atoms with Crippen molar-refractivity contribution in [3.63, 3.8) is 0 Å². The van der Waals surface area contributed by atoms with Crippen LogP contribution in [0, 0.1) is 5.92 Å². The van der Waals surface area contributed by atoms with E-state index in [9.17, 15) is 14.7 Å². The Morgan fingerprint density at radius 3 is 2.39 bits per heavy atom. The molecule has 2 aromatic rings. The second-order valence-corrected chi connectivity index (χ2v) is 6.05. The van der Waals surface area contributed by atoms with Gasteiger partial charge in [0.2, 0.25) is 5.91 Å². The number of carbonyl (C=O) groups is 1. The van der Waals surface area contributed by atoms with Gasteiger partial charge in [-0.15, -0.1) is 0 Å². The second-order valence-electron chi connectivity index (χ2n) is 6.05. The van der Waals surface area contributed by atoms with Gasteiger partial charge in [0, 0.05) is 13.1 Å². The first-order valence-corrected chi connectivity index (χ1v) is 8.08. The van der Waals surface area contributed by atoms with Crippen molar-refractivity contribution in [2.24, 2.45) is 5.92 Å². The molecular weight excluding hydrogens is 294 g/mol. The number of imidazole rings is 1. The van der Waals surface area contributed by atoms with Crippen LogP contribution in [0.3, 0.4) is 0 Å². The summed E-state index contributed by atoms with van der Waals surface area (Å²) in [5, 5.41) is 12.5. The molecule has 23 heavy (non-hydrogen) atoms. The van der Waals surface area contributed by atoms with Gasteiger partial charge in [0.1, 0.15) is 6.54 Å². The van der Waals surface area contributed by atoms with Crippen LogP contribution in [-0.4, -0.2) is 32.8 Å². The first-order valence-electron chi connectivity index (χ1n) is 8.08. The molecule has 2 rings (SSSR count). The fraction of sp³-hybridized carbons (Fsp3) is 0.529. The number of aromatic nitrogens is 2. The molecule has 1 unspecified atom stereocenters. The van der Waals surface area contributed by atoms with Crippen molar-refractivity contribution in [2.75, 3.05) is 6.54 Å². The molecule has 0 spiro atoms. The first kappa shape index (κ1) is 17.3. The summed E-state index contributed by atoms with van der Waals surface area (Å²) in [6, 6.07) is 7.47. The van der Waals surface area contributed by atoms with E-state index in [0.29, 0.717) is 19.5 Å². The summed E-state index contributed by atoms with van der Waals surface area (Å²) in [6.45, 7) is 6.74. The highest BCUT2D eigenvalue weighted by molar-refractivity contribution is 5.80. The van der Waals surface area contributed by atoms with Gasteiger partial charge in [-0.2, -0.15) is 0 Å². The number of benzene rings is 1. The Labute approximate surface area is 135 Å². The monoisotopic (exact) mass is 319 g/mol. The van der Waals surface area contributed by atoms with Gasteiger partial charge in [-0.25, -0.2) is 4.79 Å². The molecule has 1 aromatic carbocycles. The lowest BCUT2D eigenvalue weighted by Gasteiger charge is -2.14. The third-order valence-electron chi connectivity index (χ3n) is 4.07. The minimum atomic E-state index is -0.431. The zero-order chi connectivity index (χ0) is 17.0. The average Bonchev–Trinajstić information content (AvgIpc) is 2.79. The molecule has 126 valence electrons. The molecule has 1 amide bonds. The minimum absolute atomic E-state index is 0.00980. The molecule has 0 bridgehead atoms. The van der Waals surface area contributed by atoms with E-state index in [4.69, 9.17) is 0 Å². The molecule has 0 saturated heterocycles. The molecule has 0 radical (unpaired) electrons. The predicted octanol–water partition coefficient (Wildman–Crippen LogP) is 1.35. The topological polar surface area (TPSA) is 76.3 Å². The van der Waals surface area contributed by atoms with Crippen LogP contribution < -0.4 is 11.0 Å². The van der Waals surface area contributed by atoms with E-state index in [1.807, 2.05) is 45.0 Å². The summed E-state index contributed by atoms with van der Waals surface area (Å²) >= 11 is 0. The van der Waals surface area contributed by atoms with Crippen LogP contribution in [0.15, 0.2) is 29.1 Å². The van der Waals surface area contributed by atoms with E-state index in [2.05, 4.69) is 5.32 Å². The van der Waals surface area contributed by atoms with Crippen LogP contribution in [0.2, 0.25) is 0 Å². The van der Waals surface area contributed by atoms with Crippen LogP contribution >= 0.6 is 0 Å². The second kappa shape index (κ2) is 7.46. The Morgan fingerprint density at radius 1 is 1.22 bits per heavy atom. The zero-order valence-electron chi connectivity index (χ0n) is 14.0. The van der Waals surface area contributed by atoms with E-state index in [1.54, 1.807) is 4.57 Å². The highest BCUT2D eigenvalue weighted by Crippen LogP contribution is 2.12. The molecule has 0 saturated carbocycles. The Balaban J connectivity index is 2.08. The maximum Gasteiger partial charge on any atom is 0.329 e. The number of nitrogens with one attached hydrogen (secondary N) is 1. The Morgan fingerprint density at radius 2 is 1.83 bits per heavy atom. The largest absolute Gasteiger partial charge is 0.393 e. The Hall–Kier alpha value is -2.08. The number of aryl methyl sites for hydroxylation is 1.